The minimum Gasteiger partial charge on any atom is -0.297 e. The first kappa shape index (κ1) is 12.9. The van der Waals surface area contributed by atoms with Crippen LogP contribution in [0.5, 0.6) is 0 Å². The lowest BCUT2D eigenvalue weighted by atomic mass is 10.3. The van der Waals surface area contributed by atoms with Crippen molar-refractivity contribution in [2.75, 3.05) is 24.6 Å². The molecule has 102 valence electrons. The Kier molecular flexibility index (Phi) is 3.75. The molecule has 3 heterocycles. The number of rotatable bonds is 2. The van der Waals surface area contributed by atoms with Crippen LogP contribution < -0.4 is 0 Å². The van der Waals surface area contributed by atoms with E-state index in [4.69, 9.17) is 0 Å². The van der Waals surface area contributed by atoms with Crippen molar-refractivity contribution in [3.63, 3.8) is 0 Å². The van der Waals surface area contributed by atoms with Crippen LogP contribution in [-0.2, 0) is 6.54 Å². The average molecular weight is 276 g/mol. The van der Waals surface area contributed by atoms with Gasteiger partial charge in [0.25, 0.3) is 0 Å². The molecule has 0 aliphatic carbocycles. The van der Waals surface area contributed by atoms with Crippen LogP contribution in [0.2, 0.25) is 0 Å². The second kappa shape index (κ2) is 5.51. The van der Waals surface area contributed by atoms with E-state index in [2.05, 4.69) is 44.0 Å². The van der Waals surface area contributed by atoms with Gasteiger partial charge < -0.3 is 0 Å². The molecule has 0 unspecified atom stereocenters. The van der Waals surface area contributed by atoms with Crippen molar-refractivity contribution in [1.29, 1.82) is 0 Å². The smallest absolute Gasteiger partial charge is 0.234 e. The fraction of sp³-hybridized carbons (Fsp3) is 0.571. The largest absolute Gasteiger partial charge is 0.297 e. The molecule has 0 atom stereocenters. The monoisotopic (exact) mass is 276 g/mol. The summed E-state index contributed by atoms with van der Waals surface area (Å²) in [5.41, 5.74) is 3.51. The molecule has 5 heteroatoms. The SMILES string of the molecule is Cc1cc(C)n2c(CN3CCCSCC3)cnc2n1. The van der Waals surface area contributed by atoms with E-state index in [9.17, 15) is 0 Å². The highest BCUT2D eigenvalue weighted by Crippen LogP contribution is 2.15. The number of aryl methyl sites for hydroxylation is 2. The van der Waals surface area contributed by atoms with E-state index in [0.29, 0.717) is 0 Å². The first-order valence-corrected chi connectivity index (χ1v) is 8.00. The summed E-state index contributed by atoms with van der Waals surface area (Å²) in [7, 11) is 0. The van der Waals surface area contributed by atoms with Gasteiger partial charge >= 0.3 is 0 Å². The third-order valence-electron chi connectivity index (χ3n) is 3.56. The van der Waals surface area contributed by atoms with Crippen LogP contribution >= 0.6 is 11.8 Å². The van der Waals surface area contributed by atoms with Gasteiger partial charge in [-0.1, -0.05) is 0 Å². The molecule has 0 bridgehead atoms. The molecule has 1 fully saturated rings. The second-order valence-electron chi connectivity index (χ2n) is 5.17. The number of nitrogens with zero attached hydrogens (tertiary/aromatic N) is 4. The zero-order valence-corrected chi connectivity index (χ0v) is 12.4. The highest BCUT2D eigenvalue weighted by atomic mass is 32.2. The number of hydrogen-bond acceptors (Lipinski definition) is 4. The van der Waals surface area contributed by atoms with Gasteiger partial charge in [0.15, 0.2) is 0 Å². The highest BCUT2D eigenvalue weighted by Gasteiger charge is 2.13. The summed E-state index contributed by atoms with van der Waals surface area (Å²) in [6.45, 7) is 7.50. The molecule has 0 aromatic carbocycles. The summed E-state index contributed by atoms with van der Waals surface area (Å²) in [6.07, 6.45) is 3.27. The third-order valence-corrected chi connectivity index (χ3v) is 4.61. The van der Waals surface area contributed by atoms with Crippen LogP contribution in [-0.4, -0.2) is 43.9 Å². The molecule has 19 heavy (non-hydrogen) atoms. The molecule has 2 aromatic heterocycles. The zero-order chi connectivity index (χ0) is 13.2. The van der Waals surface area contributed by atoms with Crippen molar-refractivity contribution in [2.24, 2.45) is 0 Å². The van der Waals surface area contributed by atoms with E-state index in [-0.39, 0.29) is 0 Å². The lowest BCUT2D eigenvalue weighted by Crippen LogP contribution is -2.26. The number of aromatic nitrogens is 3. The van der Waals surface area contributed by atoms with Gasteiger partial charge in [-0.05, 0) is 38.6 Å². The number of imidazole rings is 1. The molecule has 1 saturated heterocycles. The Hall–Kier alpha value is -1.07. The lowest BCUT2D eigenvalue weighted by molar-refractivity contribution is 0.283. The van der Waals surface area contributed by atoms with E-state index >= 15 is 0 Å². The maximum Gasteiger partial charge on any atom is 0.234 e. The Morgan fingerprint density at radius 3 is 3.05 bits per heavy atom. The molecular formula is C14H20N4S. The number of fused-ring (bicyclic) bond motifs is 1. The van der Waals surface area contributed by atoms with Crippen molar-refractivity contribution in [2.45, 2.75) is 26.8 Å². The van der Waals surface area contributed by atoms with Gasteiger partial charge in [0.05, 0.1) is 11.9 Å². The standard InChI is InChI=1S/C14H20N4S/c1-11-8-12(2)18-13(9-15-14(18)16-11)10-17-4-3-6-19-7-5-17/h8-9H,3-7,10H2,1-2H3. The van der Waals surface area contributed by atoms with E-state index in [1.54, 1.807) is 0 Å². The summed E-state index contributed by atoms with van der Waals surface area (Å²) in [4.78, 5) is 11.5. The van der Waals surface area contributed by atoms with E-state index in [1.807, 2.05) is 13.1 Å². The van der Waals surface area contributed by atoms with E-state index < -0.39 is 0 Å². The fourth-order valence-electron chi connectivity index (χ4n) is 2.69. The van der Waals surface area contributed by atoms with Crippen LogP contribution in [0.25, 0.3) is 5.78 Å². The normalized spacial score (nSPS) is 17.8. The fourth-order valence-corrected chi connectivity index (χ4v) is 3.62. The van der Waals surface area contributed by atoms with Crippen molar-refractivity contribution in [3.05, 3.63) is 29.3 Å². The van der Waals surface area contributed by atoms with Crippen LogP contribution in [0.15, 0.2) is 12.3 Å². The Morgan fingerprint density at radius 2 is 2.16 bits per heavy atom. The molecule has 0 saturated carbocycles. The Bertz CT molecular complexity index is 570. The predicted octanol–water partition coefficient (Wildman–Crippen LogP) is 2.29. The Balaban J connectivity index is 1.88. The molecule has 0 spiro atoms. The quantitative estimate of drug-likeness (QED) is 0.842. The molecule has 0 N–H and O–H groups in total. The van der Waals surface area contributed by atoms with Crippen LogP contribution in [0.3, 0.4) is 0 Å². The van der Waals surface area contributed by atoms with Crippen molar-refractivity contribution in [3.8, 4) is 0 Å². The number of hydrogen-bond donors (Lipinski definition) is 0. The zero-order valence-electron chi connectivity index (χ0n) is 11.6. The molecule has 0 amide bonds. The third kappa shape index (κ3) is 2.77. The maximum atomic E-state index is 4.50. The molecule has 1 aliphatic rings. The summed E-state index contributed by atoms with van der Waals surface area (Å²) in [6, 6.07) is 2.12. The molecule has 3 rings (SSSR count). The van der Waals surface area contributed by atoms with Gasteiger partial charge in [-0.3, -0.25) is 9.30 Å². The number of thioether (sulfide) groups is 1. The minimum absolute atomic E-state index is 0.830. The first-order valence-electron chi connectivity index (χ1n) is 6.85. The Labute approximate surface area is 118 Å². The van der Waals surface area contributed by atoms with E-state index in [0.717, 1.165) is 18.0 Å². The lowest BCUT2D eigenvalue weighted by Gasteiger charge is -2.19. The molecule has 0 radical (unpaired) electrons. The molecular weight excluding hydrogens is 256 g/mol. The van der Waals surface area contributed by atoms with Crippen LogP contribution in [0, 0.1) is 13.8 Å². The van der Waals surface area contributed by atoms with Gasteiger partial charge in [-0.2, -0.15) is 11.8 Å². The van der Waals surface area contributed by atoms with Gasteiger partial charge in [-0.15, -0.1) is 0 Å². The average Bonchev–Trinajstić information content (AvgIpc) is 2.59. The van der Waals surface area contributed by atoms with Crippen molar-refractivity contribution >= 4 is 17.5 Å². The molecule has 1 aliphatic heterocycles. The Morgan fingerprint density at radius 1 is 1.26 bits per heavy atom. The van der Waals surface area contributed by atoms with E-state index in [1.165, 1.54) is 42.4 Å². The predicted molar refractivity (Wildman–Crippen MR) is 79.7 cm³/mol. The second-order valence-corrected chi connectivity index (χ2v) is 6.39. The van der Waals surface area contributed by atoms with Gasteiger partial charge in [0.2, 0.25) is 5.78 Å². The van der Waals surface area contributed by atoms with Crippen LogP contribution in [0.1, 0.15) is 23.5 Å². The summed E-state index contributed by atoms with van der Waals surface area (Å²) in [5.74, 6) is 3.37. The van der Waals surface area contributed by atoms with Gasteiger partial charge in [-0.25, -0.2) is 9.97 Å². The van der Waals surface area contributed by atoms with Crippen LogP contribution in [0.4, 0.5) is 0 Å². The summed E-state index contributed by atoms with van der Waals surface area (Å²) in [5, 5.41) is 0. The van der Waals surface area contributed by atoms with Gasteiger partial charge in [0, 0.05) is 30.2 Å². The minimum atomic E-state index is 0.830. The summed E-state index contributed by atoms with van der Waals surface area (Å²) >= 11 is 2.06. The van der Waals surface area contributed by atoms with Crippen molar-refractivity contribution < 1.29 is 0 Å². The summed E-state index contributed by atoms with van der Waals surface area (Å²) < 4.78 is 2.19. The first-order chi connectivity index (χ1) is 9.24. The molecule has 4 nitrogen and oxygen atoms in total. The highest BCUT2D eigenvalue weighted by molar-refractivity contribution is 7.99. The molecule has 2 aromatic rings. The topological polar surface area (TPSA) is 33.4 Å². The van der Waals surface area contributed by atoms with Gasteiger partial charge in [0.1, 0.15) is 0 Å². The van der Waals surface area contributed by atoms with Crippen molar-refractivity contribution in [1.82, 2.24) is 19.3 Å². The maximum absolute atomic E-state index is 4.50.